The van der Waals surface area contributed by atoms with Crippen molar-refractivity contribution in [2.45, 2.75) is 39.8 Å². The first kappa shape index (κ1) is 25.5. The van der Waals surface area contributed by atoms with Gasteiger partial charge in [0.25, 0.3) is 0 Å². The highest BCUT2D eigenvalue weighted by Gasteiger charge is 2.36. The van der Waals surface area contributed by atoms with Crippen LogP contribution in [0.4, 0.5) is 10.5 Å². The van der Waals surface area contributed by atoms with E-state index in [0.29, 0.717) is 6.54 Å². The predicted octanol–water partition coefficient (Wildman–Crippen LogP) is 6.99. The second kappa shape index (κ2) is 10.4. The van der Waals surface area contributed by atoms with Crippen LogP contribution in [0.25, 0.3) is 11.5 Å². The number of carbonyl (C=O) groups excluding carboxylic acids is 1. The third-order valence-corrected chi connectivity index (χ3v) is 7.60. The molecule has 1 aliphatic heterocycles. The molecule has 7 nitrogen and oxygen atoms in total. The topological polar surface area (TPSA) is 64.3 Å². The van der Waals surface area contributed by atoms with Crippen LogP contribution in [0.3, 0.4) is 0 Å². The van der Waals surface area contributed by atoms with Crippen molar-refractivity contribution in [3.8, 4) is 17.3 Å². The van der Waals surface area contributed by atoms with Gasteiger partial charge in [-0.05, 0) is 73.9 Å². The maximum atomic E-state index is 14.3. The number of urea groups is 1. The number of amides is 2. The fourth-order valence-corrected chi connectivity index (χ4v) is 5.65. The Kier molecular flexibility index (Phi) is 6.64. The molecule has 0 saturated heterocycles. The summed E-state index contributed by atoms with van der Waals surface area (Å²) in [6.07, 6.45) is 2.81. The van der Waals surface area contributed by atoms with E-state index in [1.807, 2.05) is 71.1 Å². The van der Waals surface area contributed by atoms with Crippen molar-refractivity contribution in [2.75, 3.05) is 12.4 Å². The number of nitrogens with one attached hydrogen (secondary N) is 1. The third-order valence-electron chi connectivity index (χ3n) is 7.60. The molecular weight excluding hydrogens is 498 g/mol. The molecular formula is C33H33N5O2. The van der Waals surface area contributed by atoms with Crippen LogP contribution in [-0.2, 0) is 13.0 Å². The summed E-state index contributed by atoms with van der Waals surface area (Å²) in [6, 6.07) is 27.8. The molecule has 1 N–H and O–H groups in total. The lowest BCUT2D eigenvalue weighted by Crippen LogP contribution is -2.38. The van der Waals surface area contributed by atoms with Crippen LogP contribution < -0.4 is 10.1 Å². The molecule has 3 heterocycles. The first-order valence-electron chi connectivity index (χ1n) is 13.6. The Morgan fingerprint density at radius 2 is 1.82 bits per heavy atom. The molecule has 202 valence electrons. The highest BCUT2D eigenvalue weighted by Crippen LogP contribution is 2.39. The number of para-hydroxylation sites is 1. The number of nitrogens with zero attached hydrogens (tertiary/aromatic N) is 4. The SMILES string of the molecule is CCc1nn(-c2ccccc2)c2c1CN(C(=O)Nc1ccc(C)cc1C)C(c1cccc(OC)c1)c1cccn1-2. The van der Waals surface area contributed by atoms with Crippen molar-refractivity contribution in [1.82, 2.24) is 19.2 Å². The van der Waals surface area contributed by atoms with Gasteiger partial charge in [-0.2, -0.15) is 5.10 Å². The number of benzene rings is 3. The van der Waals surface area contributed by atoms with Crippen LogP contribution in [0.1, 0.15) is 46.6 Å². The molecule has 7 heteroatoms. The Morgan fingerprint density at radius 3 is 2.58 bits per heavy atom. The minimum absolute atomic E-state index is 0.171. The zero-order valence-corrected chi connectivity index (χ0v) is 23.3. The van der Waals surface area contributed by atoms with Crippen molar-refractivity contribution < 1.29 is 9.53 Å². The average molecular weight is 532 g/mol. The Morgan fingerprint density at radius 1 is 1.00 bits per heavy atom. The standard InChI is InChI=1S/C33H33N5O2/c1-5-28-27-21-37(33(39)34-29-17-16-22(2)19-23(29)3)31(24-11-9-14-26(20-24)40-4)30-15-10-18-36(30)32(27)38(35-28)25-12-7-6-8-13-25/h6-20,31H,5,21H2,1-4H3,(H,34,39). The van der Waals surface area contributed by atoms with E-state index in [1.165, 1.54) is 0 Å². The quantitative estimate of drug-likeness (QED) is 0.266. The summed E-state index contributed by atoms with van der Waals surface area (Å²) >= 11 is 0. The predicted molar refractivity (Wildman–Crippen MR) is 158 cm³/mol. The lowest BCUT2D eigenvalue weighted by molar-refractivity contribution is 0.194. The normalized spacial score (nSPS) is 14.3. The van der Waals surface area contributed by atoms with E-state index in [0.717, 1.165) is 63.0 Å². The van der Waals surface area contributed by atoms with Gasteiger partial charge in [0.05, 0.1) is 36.8 Å². The molecule has 0 radical (unpaired) electrons. The molecule has 0 aliphatic carbocycles. The molecule has 0 saturated carbocycles. The number of anilines is 1. The van der Waals surface area contributed by atoms with Crippen LogP contribution in [0, 0.1) is 13.8 Å². The summed E-state index contributed by atoms with van der Waals surface area (Å²) in [5.74, 6) is 1.70. The van der Waals surface area contributed by atoms with Crippen molar-refractivity contribution in [2.24, 2.45) is 0 Å². The van der Waals surface area contributed by atoms with Crippen molar-refractivity contribution in [3.63, 3.8) is 0 Å². The first-order chi connectivity index (χ1) is 19.5. The fraction of sp³-hybridized carbons (Fsp3) is 0.212. The highest BCUT2D eigenvalue weighted by atomic mass is 16.5. The number of aromatic nitrogens is 3. The van der Waals surface area contributed by atoms with Gasteiger partial charge in [0.2, 0.25) is 0 Å². The number of methoxy groups -OCH3 is 1. The molecule has 2 amide bonds. The van der Waals surface area contributed by atoms with Crippen LogP contribution in [0.2, 0.25) is 0 Å². The molecule has 3 aromatic carbocycles. The molecule has 2 aromatic heterocycles. The van der Waals surface area contributed by atoms with Crippen LogP contribution in [0.5, 0.6) is 5.75 Å². The highest BCUT2D eigenvalue weighted by molar-refractivity contribution is 5.91. The molecule has 1 atom stereocenters. The minimum atomic E-state index is -0.364. The monoisotopic (exact) mass is 531 g/mol. The number of rotatable bonds is 5. The number of hydrogen-bond acceptors (Lipinski definition) is 3. The lowest BCUT2D eigenvalue weighted by atomic mass is 10.0. The summed E-state index contributed by atoms with van der Waals surface area (Å²) in [7, 11) is 1.66. The largest absolute Gasteiger partial charge is 0.497 e. The van der Waals surface area contributed by atoms with Gasteiger partial charge in [-0.1, -0.05) is 55.0 Å². The molecule has 0 fully saturated rings. The number of ether oxygens (including phenoxy) is 1. The molecule has 40 heavy (non-hydrogen) atoms. The molecule has 0 spiro atoms. The zero-order chi connectivity index (χ0) is 27.8. The Balaban J connectivity index is 1.55. The van der Waals surface area contributed by atoms with Gasteiger partial charge in [-0.15, -0.1) is 0 Å². The van der Waals surface area contributed by atoms with Gasteiger partial charge in [-0.3, -0.25) is 0 Å². The van der Waals surface area contributed by atoms with E-state index in [1.54, 1.807) is 7.11 Å². The van der Waals surface area contributed by atoms with Gasteiger partial charge >= 0.3 is 6.03 Å². The van der Waals surface area contributed by atoms with E-state index in [2.05, 4.69) is 60.3 Å². The smallest absolute Gasteiger partial charge is 0.322 e. The molecule has 1 unspecified atom stereocenters. The van der Waals surface area contributed by atoms with Gasteiger partial charge < -0.3 is 19.5 Å². The van der Waals surface area contributed by atoms with E-state index in [-0.39, 0.29) is 12.1 Å². The second-order valence-electron chi connectivity index (χ2n) is 10.2. The summed E-state index contributed by atoms with van der Waals surface area (Å²) in [5.41, 5.74) is 7.90. The zero-order valence-electron chi connectivity index (χ0n) is 23.3. The van der Waals surface area contributed by atoms with Crippen LogP contribution in [0.15, 0.2) is 91.1 Å². The molecule has 6 rings (SSSR count). The maximum absolute atomic E-state index is 14.3. The van der Waals surface area contributed by atoms with Crippen molar-refractivity contribution in [1.29, 1.82) is 0 Å². The first-order valence-corrected chi connectivity index (χ1v) is 13.6. The van der Waals surface area contributed by atoms with Gasteiger partial charge in [0.1, 0.15) is 11.6 Å². The summed E-state index contributed by atoms with van der Waals surface area (Å²) < 4.78 is 9.77. The van der Waals surface area contributed by atoms with Gasteiger partial charge in [0, 0.05) is 17.4 Å². The number of carbonyl (C=O) groups is 1. The molecule has 5 aromatic rings. The van der Waals surface area contributed by atoms with Crippen LogP contribution in [-0.4, -0.2) is 32.4 Å². The summed E-state index contributed by atoms with van der Waals surface area (Å²) in [4.78, 5) is 16.2. The van der Waals surface area contributed by atoms with Gasteiger partial charge in [-0.25, -0.2) is 9.48 Å². The molecule has 1 aliphatic rings. The Labute approximate surface area is 234 Å². The summed E-state index contributed by atoms with van der Waals surface area (Å²) in [6.45, 7) is 6.58. The molecule has 0 bridgehead atoms. The Hall–Kier alpha value is -4.78. The fourth-order valence-electron chi connectivity index (χ4n) is 5.65. The minimum Gasteiger partial charge on any atom is -0.497 e. The summed E-state index contributed by atoms with van der Waals surface area (Å²) in [5, 5.41) is 8.26. The number of hydrogen-bond donors (Lipinski definition) is 1. The third kappa shape index (κ3) is 4.43. The second-order valence-corrected chi connectivity index (χ2v) is 10.2. The van der Waals surface area contributed by atoms with E-state index < -0.39 is 0 Å². The van der Waals surface area contributed by atoms with Crippen LogP contribution >= 0.6 is 0 Å². The van der Waals surface area contributed by atoms with Gasteiger partial charge in [0.15, 0.2) is 0 Å². The number of fused-ring (bicyclic) bond motifs is 3. The van der Waals surface area contributed by atoms with Crippen molar-refractivity contribution >= 4 is 11.7 Å². The Bertz CT molecular complexity index is 1680. The van der Waals surface area contributed by atoms with E-state index in [9.17, 15) is 4.79 Å². The van der Waals surface area contributed by atoms with Crippen molar-refractivity contribution in [3.05, 3.63) is 125 Å². The maximum Gasteiger partial charge on any atom is 0.322 e. The van der Waals surface area contributed by atoms with E-state index >= 15 is 0 Å². The van der Waals surface area contributed by atoms with E-state index in [4.69, 9.17) is 9.84 Å². The number of aryl methyl sites for hydroxylation is 3. The lowest BCUT2D eigenvalue weighted by Gasteiger charge is -2.31. The average Bonchev–Trinajstić information content (AvgIpc) is 3.56.